The summed E-state index contributed by atoms with van der Waals surface area (Å²) in [6.07, 6.45) is -0.400. The van der Waals surface area contributed by atoms with Gasteiger partial charge in [-0.05, 0) is 19.9 Å². The number of carbonyl (C=O) groups is 1. The highest BCUT2D eigenvalue weighted by Crippen LogP contribution is 2.26. The van der Waals surface area contributed by atoms with E-state index in [0.717, 1.165) is 0 Å². The molecule has 31 heavy (non-hydrogen) atoms. The lowest BCUT2D eigenvalue weighted by Gasteiger charge is -2.34. The lowest BCUT2D eigenvalue weighted by molar-refractivity contribution is -0.384. The van der Waals surface area contributed by atoms with Gasteiger partial charge in [-0.25, -0.2) is 8.42 Å². The van der Waals surface area contributed by atoms with Crippen molar-refractivity contribution in [1.29, 1.82) is 0 Å². The zero-order chi connectivity index (χ0) is 22.6. The molecule has 0 saturated carbocycles. The first-order chi connectivity index (χ1) is 14.7. The van der Waals surface area contributed by atoms with Crippen LogP contribution in [0.3, 0.4) is 0 Å². The Morgan fingerprint density at radius 1 is 1.23 bits per heavy atom. The van der Waals surface area contributed by atoms with E-state index in [0.29, 0.717) is 32.0 Å². The maximum atomic E-state index is 12.8. The molecule has 2 heterocycles. The number of amides is 1. The van der Waals surface area contributed by atoms with Gasteiger partial charge in [-0.3, -0.25) is 14.9 Å². The highest BCUT2D eigenvalue weighted by Gasteiger charge is 2.31. The van der Waals surface area contributed by atoms with E-state index in [1.165, 1.54) is 16.4 Å². The number of nitro benzene ring substituents is 1. The standard InChI is InChI=1S/C19H28N4O7S/c1-14-12-22(13-15(2)30-14)31(27,28)10-5-20-19(24)17-11-16(23(25)26)3-4-18(17)21-6-8-29-9-7-21/h3-4,11,14-15H,5-10,12-13H2,1-2H3,(H,20,24). The summed E-state index contributed by atoms with van der Waals surface area (Å²) < 4.78 is 37.6. The number of nitrogens with one attached hydrogen (secondary N) is 1. The number of sulfonamides is 1. The number of rotatable bonds is 7. The van der Waals surface area contributed by atoms with Crippen molar-refractivity contribution >= 4 is 27.3 Å². The summed E-state index contributed by atoms with van der Waals surface area (Å²) in [6.45, 7) is 6.16. The predicted molar refractivity (Wildman–Crippen MR) is 114 cm³/mol. The number of morpholine rings is 2. The molecule has 0 spiro atoms. The van der Waals surface area contributed by atoms with Crippen molar-refractivity contribution in [2.75, 3.05) is 56.6 Å². The lowest BCUT2D eigenvalue weighted by Crippen LogP contribution is -2.49. The first kappa shape index (κ1) is 23.4. The van der Waals surface area contributed by atoms with E-state index < -0.39 is 20.9 Å². The Labute approximate surface area is 181 Å². The van der Waals surface area contributed by atoms with Gasteiger partial charge >= 0.3 is 0 Å². The summed E-state index contributed by atoms with van der Waals surface area (Å²) in [6, 6.07) is 4.12. The highest BCUT2D eigenvalue weighted by molar-refractivity contribution is 7.89. The van der Waals surface area contributed by atoms with Crippen LogP contribution in [0.15, 0.2) is 18.2 Å². The van der Waals surface area contributed by atoms with Crippen LogP contribution in [0.2, 0.25) is 0 Å². The Morgan fingerprint density at radius 3 is 2.48 bits per heavy atom. The van der Waals surface area contributed by atoms with Crippen molar-refractivity contribution in [3.05, 3.63) is 33.9 Å². The second-order valence-corrected chi connectivity index (χ2v) is 9.79. The molecule has 172 valence electrons. The van der Waals surface area contributed by atoms with Crippen LogP contribution < -0.4 is 10.2 Å². The number of anilines is 1. The minimum absolute atomic E-state index is 0.105. The van der Waals surface area contributed by atoms with Crippen LogP contribution in [0.1, 0.15) is 24.2 Å². The Morgan fingerprint density at radius 2 is 1.87 bits per heavy atom. The first-order valence-electron chi connectivity index (χ1n) is 10.2. The predicted octanol–water partition coefficient (Wildman–Crippen LogP) is 0.600. The molecule has 11 nitrogen and oxygen atoms in total. The Kier molecular flexibility index (Phi) is 7.46. The maximum Gasteiger partial charge on any atom is 0.270 e. The number of carbonyl (C=O) groups excluding carboxylic acids is 1. The number of ether oxygens (including phenoxy) is 2. The number of nitro groups is 1. The SMILES string of the molecule is CC1CN(S(=O)(=O)CCNC(=O)c2cc([N+](=O)[O-])ccc2N2CCOCC2)CC(C)O1. The van der Waals surface area contributed by atoms with Crippen molar-refractivity contribution in [1.82, 2.24) is 9.62 Å². The van der Waals surface area contributed by atoms with Gasteiger partial charge in [0.05, 0.1) is 47.3 Å². The molecule has 2 saturated heterocycles. The zero-order valence-electron chi connectivity index (χ0n) is 17.7. The van der Waals surface area contributed by atoms with E-state index in [1.54, 1.807) is 6.07 Å². The molecule has 12 heteroatoms. The smallest absolute Gasteiger partial charge is 0.270 e. The second kappa shape index (κ2) is 9.90. The van der Waals surface area contributed by atoms with E-state index in [-0.39, 0.29) is 48.8 Å². The fraction of sp³-hybridized carbons (Fsp3) is 0.632. The molecular formula is C19H28N4O7S. The van der Waals surface area contributed by atoms with Gasteiger partial charge in [0.1, 0.15) is 0 Å². The van der Waals surface area contributed by atoms with E-state index in [4.69, 9.17) is 9.47 Å². The van der Waals surface area contributed by atoms with Gasteiger partial charge in [0.25, 0.3) is 11.6 Å². The molecule has 0 aliphatic carbocycles. The van der Waals surface area contributed by atoms with Gasteiger partial charge in [-0.1, -0.05) is 0 Å². The fourth-order valence-corrected chi connectivity index (χ4v) is 5.27. The third-order valence-corrected chi connectivity index (χ3v) is 7.02. The van der Waals surface area contributed by atoms with Crippen molar-refractivity contribution in [2.45, 2.75) is 26.1 Å². The molecule has 1 N–H and O–H groups in total. The highest BCUT2D eigenvalue weighted by atomic mass is 32.2. The molecule has 2 unspecified atom stereocenters. The van der Waals surface area contributed by atoms with Gasteiger partial charge in [-0.2, -0.15) is 4.31 Å². The van der Waals surface area contributed by atoms with Crippen LogP contribution in [0.5, 0.6) is 0 Å². The zero-order valence-corrected chi connectivity index (χ0v) is 18.5. The lowest BCUT2D eigenvalue weighted by atomic mass is 10.1. The molecule has 2 aliphatic heterocycles. The number of hydrogen-bond acceptors (Lipinski definition) is 8. The van der Waals surface area contributed by atoms with Gasteiger partial charge in [0, 0.05) is 44.9 Å². The average molecular weight is 457 g/mol. The summed E-state index contributed by atoms with van der Waals surface area (Å²) in [4.78, 5) is 25.4. The molecule has 2 atom stereocenters. The molecule has 1 aromatic carbocycles. The Hall–Kier alpha value is -2.28. The van der Waals surface area contributed by atoms with Crippen LogP contribution >= 0.6 is 0 Å². The van der Waals surface area contributed by atoms with E-state index in [9.17, 15) is 23.3 Å². The summed E-state index contributed by atoms with van der Waals surface area (Å²) in [5, 5.41) is 13.8. The molecule has 1 amide bonds. The van der Waals surface area contributed by atoms with Gasteiger partial charge in [0.15, 0.2) is 0 Å². The van der Waals surface area contributed by atoms with Crippen molar-refractivity contribution in [3.8, 4) is 0 Å². The third-order valence-electron chi connectivity index (χ3n) is 5.21. The molecular weight excluding hydrogens is 428 g/mol. The van der Waals surface area contributed by atoms with E-state index in [2.05, 4.69) is 5.32 Å². The van der Waals surface area contributed by atoms with Crippen molar-refractivity contribution < 1.29 is 27.6 Å². The monoisotopic (exact) mass is 456 g/mol. The molecule has 0 radical (unpaired) electrons. The van der Waals surface area contributed by atoms with Crippen LogP contribution in [0, 0.1) is 10.1 Å². The fourth-order valence-electron chi connectivity index (χ4n) is 3.78. The number of nitrogens with zero attached hydrogens (tertiary/aromatic N) is 3. The molecule has 1 aromatic rings. The normalized spacial score (nSPS) is 22.8. The van der Waals surface area contributed by atoms with Crippen LogP contribution in [-0.2, 0) is 19.5 Å². The molecule has 3 rings (SSSR count). The van der Waals surface area contributed by atoms with Gasteiger partial charge in [-0.15, -0.1) is 0 Å². The first-order valence-corrected chi connectivity index (χ1v) is 11.8. The maximum absolute atomic E-state index is 12.8. The molecule has 2 fully saturated rings. The summed E-state index contributed by atoms with van der Waals surface area (Å²) in [7, 11) is -3.58. The van der Waals surface area contributed by atoms with Crippen LogP contribution in [0.4, 0.5) is 11.4 Å². The minimum atomic E-state index is -3.58. The molecule has 0 aromatic heterocycles. The summed E-state index contributed by atoms with van der Waals surface area (Å²) >= 11 is 0. The largest absolute Gasteiger partial charge is 0.378 e. The Bertz CT molecular complexity index is 908. The summed E-state index contributed by atoms with van der Waals surface area (Å²) in [5.41, 5.74) is 0.498. The minimum Gasteiger partial charge on any atom is -0.378 e. The van der Waals surface area contributed by atoms with E-state index in [1.807, 2.05) is 18.7 Å². The molecule has 0 bridgehead atoms. The Balaban J connectivity index is 1.69. The van der Waals surface area contributed by atoms with Crippen LogP contribution in [0.25, 0.3) is 0 Å². The van der Waals surface area contributed by atoms with Gasteiger partial charge < -0.3 is 19.7 Å². The van der Waals surface area contributed by atoms with E-state index >= 15 is 0 Å². The number of hydrogen-bond donors (Lipinski definition) is 1. The van der Waals surface area contributed by atoms with Crippen LogP contribution in [-0.4, -0.2) is 87.5 Å². The molecule has 2 aliphatic rings. The average Bonchev–Trinajstić information content (AvgIpc) is 2.73. The van der Waals surface area contributed by atoms with Crippen molar-refractivity contribution in [3.63, 3.8) is 0 Å². The van der Waals surface area contributed by atoms with Crippen molar-refractivity contribution in [2.24, 2.45) is 0 Å². The van der Waals surface area contributed by atoms with Gasteiger partial charge in [0.2, 0.25) is 10.0 Å². The summed E-state index contributed by atoms with van der Waals surface area (Å²) in [5.74, 6) is -0.816. The number of benzene rings is 1. The number of non-ortho nitro benzene ring substituents is 1. The quantitative estimate of drug-likeness (QED) is 0.466. The third kappa shape index (κ3) is 5.91. The topological polar surface area (TPSA) is 131 Å². The second-order valence-electron chi connectivity index (χ2n) is 7.70.